The quantitative estimate of drug-likeness (QED) is 0.658. The van der Waals surface area contributed by atoms with Gasteiger partial charge >= 0.3 is 0 Å². The fraction of sp³-hybridized carbons (Fsp3) is 0.118. The van der Waals surface area contributed by atoms with Crippen LogP contribution in [0.5, 0.6) is 5.75 Å². The molecule has 1 fully saturated rings. The summed E-state index contributed by atoms with van der Waals surface area (Å²) >= 11 is 1.30. The number of ether oxygens (including phenoxy) is 1. The van der Waals surface area contributed by atoms with Gasteiger partial charge in [0, 0.05) is 0 Å². The molecule has 0 atom stereocenters. The molecule has 1 amide bonds. The standard InChI is InChI=1S/C17H13F2N3O2S/c18-13-2-1-3-14(16(13)19)24-9-12-6-4-11(5-7-12)8-20-22-17-21-15(23)10-25-17/h1-8H,9-10H2,(H,21,22,23). The molecule has 0 unspecified atom stereocenters. The maximum Gasteiger partial charge on any atom is 0.236 e. The lowest BCUT2D eigenvalue weighted by molar-refractivity contribution is -0.116. The zero-order chi connectivity index (χ0) is 17.6. The molecule has 1 aliphatic heterocycles. The van der Waals surface area contributed by atoms with Crippen molar-refractivity contribution in [2.45, 2.75) is 6.61 Å². The van der Waals surface area contributed by atoms with Crippen LogP contribution in [0.1, 0.15) is 11.1 Å². The van der Waals surface area contributed by atoms with Crippen molar-refractivity contribution < 1.29 is 18.3 Å². The number of amides is 1. The highest BCUT2D eigenvalue weighted by Crippen LogP contribution is 2.20. The van der Waals surface area contributed by atoms with Crippen LogP contribution in [0.15, 0.2) is 52.7 Å². The normalized spacial score (nSPS) is 15.8. The van der Waals surface area contributed by atoms with Crippen molar-refractivity contribution in [3.8, 4) is 5.75 Å². The largest absolute Gasteiger partial charge is 0.486 e. The molecule has 0 radical (unpaired) electrons. The Balaban J connectivity index is 1.57. The fourth-order valence-electron chi connectivity index (χ4n) is 1.98. The van der Waals surface area contributed by atoms with Crippen LogP contribution in [0.2, 0.25) is 0 Å². The number of halogens is 2. The van der Waals surface area contributed by atoms with Crippen molar-refractivity contribution in [1.29, 1.82) is 0 Å². The van der Waals surface area contributed by atoms with Crippen LogP contribution in [0.4, 0.5) is 8.78 Å². The van der Waals surface area contributed by atoms with Crippen molar-refractivity contribution in [2.75, 3.05) is 5.75 Å². The van der Waals surface area contributed by atoms with E-state index in [9.17, 15) is 13.6 Å². The zero-order valence-corrected chi connectivity index (χ0v) is 13.7. The second-order valence-electron chi connectivity index (χ2n) is 5.07. The average Bonchev–Trinajstić information content (AvgIpc) is 3.03. The van der Waals surface area contributed by atoms with E-state index in [4.69, 9.17) is 4.74 Å². The van der Waals surface area contributed by atoms with Gasteiger partial charge in [-0.2, -0.15) is 9.49 Å². The molecule has 8 heteroatoms. The van der Waals surface area contributed by atoms with Gasteiger partial charge in [0.25, 0.3) is 0 Å². The van der Waals surface area contributed by atoms with E-state index in [2.05, 4.69) is 15.5 Å². The van der Waals surface area contributed by atoms with E-state index in [0.717, 1.165) is 17.2 Å². The molecule has 128 valence electrons. The van der Waals surface area contributed by atoms with E-state index in [1.807, 2.05) is 0 Å². The van der Waals surface area contributed by atoms with Crippen LogP contribution in [0.25, 0.3) is 0 Å². The molecule has 1 saturated heterocycles. The molecule has 0 bridgehead atoms. The molecular weight excluding hydrogens is 348 g/mol. The van der Waals surface area contributed by atoms with Crippen LogP contribution < -0.4 is 10.1 Å². The average molecular weight is 361 g/mol. The van der Waals surface area contributed by atoms with E-state index < -0.39 is 11.6 Å². The summed E-state index contributed by atoms with van der Waals surface area (Å²) in [5.74, 6) is -1.80. The fourth-order valence-corrected chi connectivity index (χ4v) is 2.61. The highest BCUT2D eigenvalue weighted by atomic mass is 32.2. The summed E-state index contributed by atoms with van der Waals surface area (Å²) in [4.78, 5) is 11.0. The maximum absolute atomic E-state index is 13.5. The van der Waals surface area contributed by atoms with Gasteiger partial charge in [-0.25, -0.2) is 4.39 Å². The Kier molecular flexibility index (Phi) is 5.39. The number of carbonyl (C=O) groups excluding carboxylic acids is 1. The molecule has 3 rings (SSSR count). The lowest BCUT2D eigenvalue weighted by Crippen LogP contribution is -2.19. The van der Waals surface area contributed by atoms with Gasteiger partial charge in [0.2, 0.25) is 11.7 Å². The molecule has 0 spiro atoms. The van der Waals surface area contributed by atoms with Crippen molar-refractivity contribution in [3.63, 3.8) is 0 Å². The number of benzene rings is 2. The summed E-state index contributed by atoms with van der Waals surface area (Å²) in [6.45, 7) is 0.114. The van der Waals surface area contributed by atoms with E-state index in [-0.39, 0.29) is 18.3 Å². The SMILES string of the molecule is O=C1CSC(=NN=Cc2ccc(COc3cccc(F)c3F)cc2)N1. The first-order valence-corrected chi connectivity index (χ1v) is 8.30. The summed E-state index contributed by atoms with van der Waals surface area (Å²) in [5.41, 5.74) is 1.60. The lowest BCUT2D eigenvalue weighted by atomic mass is 10.1. The first kappa shape index (κ1) is 17.1. The van der Waals surface area contributed by atoms with Crippen LogP contribution >= 0.6 is 11.8 Å². The second-order valence-corrected chi connectivity index (χ2v) is 6.03. The number of hydrogen-bond donors (Lipinski definition) is 1. The molecule has 2 aromatic carbocycles. The molecule has 5 nitrogen and oxygen atoms in total. The monoisotopic (exact) mass is 361 g/mol. The molecule has 0 aliphatic carbocycles. The number of amidine groups is 1. The second kappa shape index (κ2) is 7.89. The van der Waals surface area contributed by atoms with Gasteiger partial charge in [-0.15, -0.1) is 5.10 Å². The van der Waals surface area contributed by atoms with Gasteiger partial charge in [0.05, 0.1) is 12.0 Å². The van der Waals surface area contributed by atoms with Crippen molar-refractivity contribution in [1.82, 2.24) is 5.32 Å². The van der Waals surface area contributed by atoms with Crippen LogP contribution in [0.3, 0.4) is 0 Å². The van der Waals surface area contributed by atoms with Crippen molar-refractivity contribution in [3.05, 3.63) is 65.2 Å². The third-order valence-corrected chi connectivity index (χ3v) is 4.10. The van der Waals surface area contributed by atoms with Crippen molar-refractivity contribution in [2.24, 2.45) is 10.2 Å². The van der Waals surface area contributed by atoms with Gasteiger partial charge in [-0.05, 0) is 23.3 Å². The van der Waals surface area contributed by atoms with Gasteiger partial charge in [0.1, 0.15) is 6.61 Å². The Morgan fingerprint density at radius 2 is 2.00 bits per heavy atom. The number of hydrogen-bond acceptors (Lipinski definition) is 5. The molecule has 0 saturated carbocycles. The highest BCUT2D eigenvalue weighted by molar-refractivity contribution is 8.15. The predicted molar refractivity (Wildman–Crippen MR) is 92.8 cm³/mol. The smallest absolute Gasteiger partial charge is 0.236 e. The summed E-state index contributed by atoms with van der Waals surface area (Å²) in [6, 6.07) is 11.0. The first-order valence-electron chi connectivity index (χ1n) is 7.31. The molecule has 0 aromatic heterocycles. The molecule has 1 aliphatic rings. The van der Waals surface area contributed by atoms with Crippen LogP contribution in [0, 0.1) is 11.6 Å². The molecule has 25 heavy (non-hydrogen) atoms. The molecule has 1 N–H and O–H groups in total. The molecule has 1 heterocycles. The Labute approximate surface area is 146 Å². The Morgan fingerprint density at radius 1 is 1.20 bits per heavy atom. The summed E-state index contributed by atoms with van der Waals surface area (Å²) < 4.78 is 31.9. The number of thioether (sulfide) groups is 1. The minimum Gasteiger partial charge on any atom is -0.486 e. The topological polar surface area (TPSA) is 63.0 Å². The van der Waals surface area contributed by atoms with E-state index in [1.54, 1.807) is 30.5 Å². The molecule has 2 aromatic rings. The van der Waals surface area contributed by atoms with E-state index >= 15 is 0 Å². The lowest BCUT2D eigenvalue weighted by Gasteiger charge is -2.07. The Bertz CT molecular complexity index is 838. The number of nitrogens with zero attached hydrogens (tertiary/aromatic N) is 2. The van der Waals surface area contributed by atoms with Crippen LogP contribution in [-0.4, -0.2) is 23.0 Å². The highest BCUT2D eigenvalue weighted by Gasteiger charge is 2.15. The third-order valence-electron chi connectivity index (χ3n) is 3.23. The van der Waals surface area contributed by atoms with Gasteiger partial charge in [-0.1, -0.05) is 42.1 Å². The summed E-state index contributed by atoms with van der Waals surface area (Å²) in [7, 11) is 0. The number of carbonyl (C=O) groups is 1. The van der Waals surface area contributed by atoms with E-state index in [0.29, 0.717) is 10.9 Å². The summed E-state index contributed by atoms with van der Waals surface area (Å²) in [6.07, 6.45) is 1.55. The van der Waals surface area contributed by atoms with Crippen LogP contribution in [-0.2, 0) is 11.4 Å². The van der Waals surface area contributed by atoms with Gasteiger partial charge in [0.15, 0.2) is 16.7 Å². The van der Waals surface area contributed by atoms with Crippen molar-refractivity contribution >= 4 is 29.1 Å². The first-order chi connectivity index (χ1) is 12.1. The predicted octanol–water partition coefficient (Wildman–Crippen LogP) is 3.10. The number of nitrogens with one attached hydrogen (secondary N) is 1. The molecular formula is C17H13F2N3O2S. The minimum absolute atomic E-state index is 0.0852. The number of rotatable bonds is 5. The van der Waals surface area contributed by atoms with E-state index in [1.165, 1.54) is 23.9 Å². The Morgan fingerprint density at radius 3 is 2.72 bits per heavy atom. The minimum atomic E-state index is -0.998. The van der Waals surface area contributed by atoms with Gasteiger partial charge < -0.3 is 10.1 Å². The Hall–Kier alpha value is -2.74. The third kappa shape index (κ3) is 4.63. The maximum atomic E-state index is 13.5. The summed E-state index contributed by atoms with van der Waals surface area (Å²) in [5, 5.41) is 10.9. The zero-order valence-electron chi connectivity index (χ0n) is 12.9. The van der Waals surface area contributed by atoms with Gasteiger partial charge in [-0.3, -0.25) is 4.79 Å².